The molecule has 1 N–H and O–H groups in total. The van der Waals surface area contributed by atoms with Gasteiger partial charge in [0, 0.05) is 45.3 Å². The van der Waals surface area contributed by atoms with Gasteiger partial charge in [0.05, 0.1) is 12.7 Å². The predicted molar refractivity (Wildman–Crippen MR) is 120 cm³/mol. The van der Waals surface area contributed by atoms with Gasteiger partial charge in [-0.3, -0.25) is 4.99 Å². The first-order valence-electron chi connectivity index (χ1n) is 9.83. The highest BCUT2D eigenvalue weighted by atomic mass is 127. The van der Waals surface area contributed by atoms with Crippen molar-refractivity contribution in [3.8, 4) is 5.75 Å². The number of carbonyl (C=O) groups is 1. The summed E-state index contributed by atoms with van der Waals surface area (Å²) < 4.78 is 11.2. The van der Waals surface area contributed by atoms with Gasteiger partial charge in [0.1, 0.15) is 5.75 Å². The average molecular weight is 502 g/mol. The summed E-state index contributed by atoms with van der Waals surface area (Å²) in [5.74, 6) is 1.80. The number of carbonyl (C=O) groups excluding carboxylic acids is 1. The molecule has 1 amide bonds. The van der Waals surface area contributed by atoms with E-state index in [2.05, 4.69) is 21.3 Å². The Bertz CT molecular complexity index is 659. The van der Waals surface area contributed by atoms with Gasteiger partial charge in [-0.05, 0) is 32.3 Å². The van der Waals surface area contributed by atoms with Crippen LogP contribution in [0.2, 0.25) is 0 Å². The Labute approximate surface area is 184 Å². The summed E-state index contributed by atoms with van der Waals surface area (Å²) in [5, 5.41) is 3.44. The Hall–Kier alpha value is -1.71. The minimum Gasteiger partial charge on any atom is -0.490 e. The van der Waals surface area contributed by atoms with Crippen LogP contribution >= 0.6 is 24.0 Å². The van der Waals surface area contributed by atoms with E-state index in [9.17, 15) is 4.79 Å². The Morgan fingerprint density at radius 2 is 1.86 bits per heavy atom. The third kappa shape index (κ3) is 5.89. The van der Waals surface area contributed by atoms with E-state index >= 15 is 0 Å². The Morgan fingerprint density at radius 3 is 2.46 bits per heavy atom. The highest BCUT2D eigenvalue weighted by molar-refractivity contribution is 14.0. The number of piperazine rings is 1. The molecule has 3 rings (SSSR count). The third-order valence-electron chi connectivity index (χ3n) is 5.07. The van der Waals surface area contributed by atoms with Crippen LogP contribution in [0.15, 0.2) is 29.3 Å². The van der Waals surface area contributed by atoms with Crippen molar-refractivity contribution >= 4 is 36.0 Å². The molecule has 7 nitrogen and oxygen atoms in total. The van der Waals surface area contributed by atoms with Gasteiger partial charge < -0.3 is 24.6 Å². The zero-order valence-electron chi connectivity index (χ0n) is 16.7. The number of amides is 1. The Morgan fingerprint density at radius 1 is 1.18 bits per heavy atom. The van der Waals surface area contributed by atoms with Gasteiger partial charge in [-0.2, -0.15) is 0 Å². The van der Waals surface area contributed by atoms with Crippen molar-refractivity contribution in [3.05, 3.63) is 29.8 Å². The standard InChI is InChI=1S/C20H30N4O3.HI/c1-3-26-20(25)24-13-11-23(12-14-24)19(21-2)22-15-16-7-4-5-10-18(16)27-17-8-6-9-17;/h4-5,7,10,17H,3,6,8-9,11-15H2,1-2H3,(H,21,22);1H. The molecule has 0 unspecified atom stereocenters. The molecule has 8 heteroatoms. The first-order valence-corrected chi connectivity index (χ1v) is 9.83. The van der Waals surface area contributed by atoms with Crippen molar-refractivity contribution in [1.29, 1.82) is 0 Å². The van der Waals surface area contributed by atoms with Gasteiger partial charge in [0.2, 0.25) is 0 Å². The van der Waals surface area contributed by atoms with E-state index in [1.165, 1.54) is 6.42 Å². The van der Waals surface area contributed by atoms with Crippen LogP contribution in [0.3, 0.4) is 0 Å². The largest absolute Gasteiger partial charge is 0.490 e. The van der Waals surface area contributed by atoms with Crippen molar-refractivity contribution in [2.75, 3.05) is 39.8 Å². The summed E-state index contributed by atoms with van der Waals surface area (Å²) in [5.41, 5.74) is 1.13. The Kier molecular flexibility index (Phi) is 9.14. The van der Waals surface area contributed by atoms with Gasteiger partial charge in [0.15, 0.2) is 5.96 Å². The van der Waals surface area contributed by atoms with Crippen molar-refractivity contribution in [2.45, 2.75) is 38.8 Å². The number of hydrogen-bond donors (Lipinski definition) is 1. The van der Waals surface area contributed by atoms with Crippen LogP contribution in [0.4, 0.5) is 4.79 Å². The van der Waals surface area contributed by atoms with E-state index in [0.29, 0.717) is 32.3 Å². The molecule has 1 aliphatic heterocycles. The quantitative estimate of drug-likeness (QED) is 0.381. The van der Waals surface area contributed by atoms with E-state index in [0.717, 1.165) is 43.2 Å². The lowest BCUT2D eigenvalue weighted by Crippen LogP contribution is -2.53. The van der Waals surface area contributed by atoms with Gasteiger partial charge in [-0.25, -0.2) is 4.79 Å². The fourth-order valence-electron chi connectivity index (χ4n) is 3.26. The first-order chi connectivity index (χ1) is 13.2. The van der Waals surface area contributed by atoms with Crippen LogP contribution in [0.25, 0.3) is 0 Å². The van der Waals surface area contributed by atoms with E-state index < -0.39 is 0 Å². The van der Waals surface area contributed by atoms with Crippen molar-refractivity contribution in [3.63, 3.8) is 0 Å². The van der Waals surface area contributed by atoms with Gasteiger partial charge in [-0.1, -0.05) is 18.2 Å². The second-order valence-electron chi connectivity index (χ2n) is 6.85. The minimum atomic E-state index is -0.234. The molecule has 1 aromatic rings. The number of rotatable bonds is 5. The molecule has 1 saturated heterocycles. The number of aliphatic imine (C=N–C) groups is 1. The molecule has 1 aromatic carbocycles. The number of ether oxygens (including phenoxy) is 2. The van der Waals surface area contributed by atoms with Crippen molar-refractivity contribution < 1.29 is 14.3 Å². The smallest absolute Gasteiger partial charge is 0.409 e. The number of nitrogens with one attached hydrogen (secondary N) is 1. The molecule has 1 aliphatic carbocycles. The maximum absolute atomic E-state index is 11.8. The summed E-state index contributed by atoms with van der Waals surface area (Å²) in [6.07, 6.45) is 3.68. The second-order valence-corrected chi connectivity index (χ2v) is 6.85. The molecule has 28 heavy (non-hydrogen) atoms. The topological polar surface area (TPSA) is 66.4 Å². The predicted octanol–water partition coefficient (Wildman–Crippen LogP) is 3.09. The molecular weight excluding hydrogens is 471 g/mol. The molecule has 0 bridgehead atoms. The normalized spacial score (nSPS) is 17.4. The third-order valence-corrected chi connectivity index (χ3v) is 5.07. The van der Waals surface area contributed by atoms with Crippen LogP contribution in [0, 0.1) is 0 Å². The van der Waals surface area contributed by atoms with Crippen LogP contribution < -0.4 is 10.1 Å². The van der Waals surface area contributed by atoms with E-state index in [-0.39, 0.29) is 30.1 Å². The fourth-order valence-corrected chi connectivity index (χ4v) is 3.26. The van der Waals surface area contributed by atoms with Crippen LogP contribution in [-0.4, -0.2) is 67.8 Å². The molecule has 0 radical (unpaired) electrons. The number of benzene rings is 1. The lowest BCUT2D eigenvalue weighted by molar-refractivity contribution is 0.0914. The molecule has 0 atom stereocenters. The molecular formula is C20H31IN4O3. The molecule has 0 aromatic heterocycles. The lowest BCUT2D eigenvalue weighted by Gasteiger charge is -2.36. The number of hydrogen-bond acceptors (Lipinski definition) is 4. The van der Waals surface area contributed by atoms with Crippen molar-refractivity contribution in [2.24, 2.45) is 4.99 Å². The second kappa shape index (κ2) is 11.3. The summed E-state index contributed by atoms with van der Waals surface area (Å²) in [6.45, 7) is 5.64. The molecule has 156 valence electrons. The van der Waals surface area contributed by atoms with Crippen LogP contribution in [0.5, 0.6) is 5.75 Å². The Balaban J connectivity index is 0.00000280. The van der Waals surface area contributed by atoms with E-state index in [1.807, 2.05) is 25.1 Å². The van der Waals surface area contributed by atoms with Gasteiger partial charge in [-0.15, -0.1) is 24.0 Å². The first kappa shape index (κ1) is 22.6. The SMILES string of the molecule is CCOC(=O)N1CCN(C(=NC)NCc2ccccc2OC2CCC2)CC1.I. The van der Waals surface area contributed by atoms with Crippen LogP contribution in [0.1, 0.15) is 31.7 Å². The number of halogens is 1. The average Bonchev–Trinajstić information content (AvgIpc) is 2.67. The molecule has 1 saturated carbocycles. The van der Waals surface area contributed by atoms with Gasteiger partial charge in [0.25, 0.3) is 0 Å². The fraction of sp³-hybridized carbons (Fsp3) is 0.600. The molecule has 0 spiro atoms. The number of nitrogens with zero attached hydrogens (tertiary/aromatic N) is 3. The zero-order chi connectivity index (χ0) is 19.1. The highest BCUT2D eigenvalue weighted by Gasteiger charge is 2.24. The maximum atomic E-state index is 11.8. The summed E-state index contributed by atoms with van der Waals surface area (Å²) in [4.78, 5) is 20.2. The molecule has 1 heterocycles. The summed E-state index contributed by atoms with van der Waals surface area (Å²) >= 11 is 0. The van der Waals surface area contributed by atoms with Crippen molar-refractivity contribution in [1.82, 2.24) is 15.1 Å². The lowest BCUT2D eigenvalue weighted by atomic mass is 9.96. The summed E-state index contributed by atoms with van der Waals surface area (Å²) in [6, 6.07) is 8.18. The van der Waals surface area contributed by atoms with Gasteiger partial charge >= 0.3 is 6.09 Å². The zero-order valence-corrected chi connectivity index (χ0v) is 19.1. The minimum absolute atomic E-state index is 0. The maximum Gasteiger partial charge on any atom is 0.409 e. The van der Waals surface area contributed by atoms with E-state index in [1.54, 1.807) is 11.9 Å². The number of para-hydroxylation sites is 1. The molecule has 2 aliphatic rings. The van der Waals surface area contributed by atoms with E-state index in [4.69, 9.17) is 9.47 Å². The monoisotopic (exact) mass is 502 g/mol. The van der Waals surface area contributed by atoms with Crippen LogP contribution in [-0.2, 0) is 11.3 Å². The molecule has 2 fully saturated rings. The highest BCUT2D eigenvalue weighted by Crippen LogP contribution is 2.27. The summed E-state index contributed by atoms with van der Waals surface area (Å²) in [7, 11) is 1.79. The number of guanidine groups is 1.